The molecule has 0 spiro atoms. The molecule has 0 heterocycles. The normalized spacial score (nSPS) is 21.5. The molecule has 2 heteroatoms. The number of rotatable bonds is 4. The molecule has 0 saturated heterocycles. The molecule has 0 aromatic rings. The van der Waals surface area contributed by atoms with Crippen LogP contribution in [0.15, 0.2) is 0 Å². The highest BCUT2D eigenvalue weighted by Gasteiger charge is 2.22. The topological polar surface area (TPSA) is 29.1 Å². The Labute approximate surface area is 68.4 Å². The van der Waals surface area contributed by atoms with Crippen molar-refractivity contribution < 1.29 is 4.79 Å². The summed E-state index contributed by atoms with van der Waals surface area (Å²) in [6.45, 7) is 2.14. The second-order valence-corrected chi connectivity index (χ2v) is 3.34. The van der Waals surface area contributed by atoms with Crippen LogP contribution < -0.4 is 5.32 Å². The average Bonchev–Trinajstić information content (AvgIpc) is 2.52. The molecule has 1 N–H and O–H groups in total. The predicted octanol–water partition coefficient (Wildman–Crippen LogP) is 1.70. The van der Waals surface area contributed by atoms with E-state index in [1.165, 1.54) is 25.7 Å². The number of carbonyl (C=O) groups excluding carboxylic acids is 1. The van der Waals surface area contributed by atoms with Gasteiger partial charge in [-0.25, -0.2) is 0 Å². The minimum Gasteiger partial charge on any atom is -0.356 e. The van der Waals surface area contributed by atoms with Crippen molar-refractivity contribution in [2.24, 2.45) is 5.92 Å². The Kier molecular flexibility index (Phi) is 3.40. The van der Waals surface area contributed by atoms with Gasteiger partial charge in [0.15, 0.2) is 0 Å². The Hall–Kier alpha value is -0.530. The molecule has 0 bridgehead atoms. The van der Waals surface area contributed by atoms with E-state index in [2.05, 4.69) is 12.2 Å². The molecule has 0 aromatic carbocycles. The lowest BCUT2D eigenvalue weighted by Gasteiger charge is -2.20. The fraction of sp³-hybridized carbons (Fsp3) is 0.889. The zero-order valence-corrected chi connectivity index (χ0v) is 7.18. The first-order chi connectivity index (χ1) is 5.38. The third kappa shape index (κ3) is 2.21. The first-order valence-electron chi connectivity index (χ1n) is 4.58. The van der Waals surface area contributed by atoms with Gasteiger partial charge < -0.3 is 5.32 Å². The predicted molar refractivity (Wildman–Crippen MR) is 45.2 cm³/mol. The van der Waals surface area contributed by atoms with Gasteiger partial charge in [0.25, 0.3) is 0 Å². The molecule has 1 aliphatic rings. The largest absolute Gasteiger partial charge is 0.356 e. The lowest BCUT2D eigenvalue weighted by atomic mass is 9.96. The van der Waals surface area contributed by atoms with Crippen molar-refractivity contribution in [3.8, 4) is 0 Å². The van der Waals surface area contributed by atoms with Gasteiger partial charge in [-0.3, -0.25) is 4.79 Å². The molecule has 0 aromatic heterocycles. The summed E-state index contributed by atoms with van der Waals surface area (Å²) in [6.07, 6.45) is 7.22. The summed E-state index contributed by atoms with van der Waals surface area (Å²) in [5.74, 6) is 0.755. The van der Waals surface area contributed by atoms with Crippen molar-refractivity contribution in [1.29, 1.82) is 0 Å². The van der Waals surface area contributed by atoms with Gasteiger partial charge in [0.05, 0.1) is 0 Å². The highest BCUT2D eigenvalue weighted by molar-refractivity contribution is 5.46. The van der Waals surface area contributed by atoms with Crippen molar-refractivity contribution in [1.82, 2.24) is 5.32 Å². The van der Waals surface area contributed by atoms with Gasteiger partial charge in [-0.15, -0.1) is 0 Å². The molecule has 1 unspecified atom stereocenters. The van der Waals surface area contributed by atoms with Crippen molar-refractivity contribution in [2.75, 3.05) is 0 Å². The van der Waals surface area contributed by atoms with Crippen LogP contribution in [-0.2, 0) is 4.79 Å². The van der Waals surface area contributed by atoms with Gasteiger partial charge >= 0.3 is 0 Å². The summed E-state index contributed by atoms with van der Waals surface area (Å²) >= 11 is 0. The van der Waals surface area contributed by atoms with Crippen LogP contribution in [0.5, 0.6) is 0 Å². The van der Waals surface area contributed by atoms with Crippen molar-refractivity contribution in [3.05, 3.63) is 0 Å². The van der Waals surface area contributed by atoms with E-state index in [4.69, 9.17) is 0 Å². The van der Waals surface area contributed by atoms with Gasteiger partial charge in [0.2, 0.25) is 6.41 Å². The summed E-state index contributed by atoms with van der Waals surface area (Å²) in [4.78, 5) is 10.2. The van der Waals surface area contributed by atoms with Gasteiger partial charge in [0, 0.05) is 6.04 Å². The van der Waals surface area contributed by atoms with Crippen LogP contribution in [0.2, 0.25) is 0 Å². The van der Waals surface area contributed by atoms with E-state index in [1.54, 1.807) is 0 Å². The van der Waals surface area contributed by atoms with Crippen LogP contribution in [0, 0.1) is 5.92 Å². The molecular formula is C9H17NO. The Bertz CT molecular complexity index is 119. The van der Waals surface area contributed by atoms with E-state index in [-0.39, 0.29) is 0 Å². The fourth-order valence-electron chi connectivity index (χ4n) is 2.03. The lowest BCUT2D eigenvalue weighted by Crippen LogP contribution is -2.33. The average molecular weight is 155 g/mol. The van der Waals surface area contributed by atoms with E-state index >= 15 is 0 Å². The van der Waals surface area contributed by atoms with E-state index < -0.39 is 0 Å². The number of hydrogen-bond acceptors (Lipinski definition) is 1. The van der Waals surface area contributed by atoms with E-state index in [9.17, 15) is 4.79 Å². The van der Waals surface area contributed by atoms with Crippen LogP contribution in [0.25, 0.3) is 0 Å². The van der Waals surface area contributed by atoms with Crippen LogP contribution in [0.4, 0.5) is 0 Å². The summed E-state index contributed by atoms with van der Waals surface area (Å²) in [6, 6.07) is 0.440. The molecular weight excluding hydrogens is 138 g/mol. The molecule has 2 nitrogen and oxygen atoms in total. The maximum absolute atomic E-state index is 10.2. The third-order valence-electron chi connectivity index (χ3n) is 2.69. The minimum atomic E-state index is 0.440. The van der Waals surface area contributed by atoms with Crippen molar-refractivity contribution >= 4 is 6.41 Å². The smallest absolute Gasteiger partial charge is 0.207 e. The Morgan fingerprint density at radius 3 is 2.64 bits per heavy atom. The number of amides is 1. The SMILES string of the molecule is CCC(NC=O)C1CCCC1. The Balaban J connectivity index is 2.33. The standard InChI is InChI=1S/C9H17NO/c1-2-9(10-7-11)8-5-3-4-6-8/h7-9H,2-6H2,1H3,(H,10,11). The molecule has 0 radical (unpaired) electrons. The van der Waals surface area contributed by atoms with E-state index in [1.807, 2.05) is 0 Å². The maximum atomic E-state index is 10.2. The zero-order valence-electron chi connectivity index (χ0n) is 7.18. The van der Waals surface area contributed by atoms with Crippen molar-refractivity contribution in [3.63, 3.8) is 0 Å². The molecule has 64 valence electrons. The molecule has 1 saturated carbocycles. The summed E-state index contributed by atoms with van der Waals surface area (Å²) in [7, 11) is 0. The fourth-order valence-corrected chi connectivity index (χ4v) is 2.03. The third-order valence-corrected chi connectivity index (χ3v) is 2.69. The van der Waals surface area contributed by atoms with Gasteiger partial charge in [-0.1, -0.05) is 19.8 Å². The molecule has 1 fully saturated rings. The number of nitrogens with one attached hydrogen (secondary N) is 1. The maximum Gasteiger partial charge on any atom is 0.207 e. The summed E-state index contributed by atoms with van der Waals surface area (Å²) < 4.78 is 0. The highest BCUT2D eigenvalue weighted by Crippen LogP contribution is 2.28. The second-order valence-electron chi connectivity index (χ2n) is 3.34. The quantitative estimate of drug-likeness (QED) is 0.615. The molecule has 1 amide bonds. The first kappa shape index (κ1) is 8.57. The van der Waals surface area contributed by atoms with Gasteiger partial charge in [-0.2, -0.15) is 0 Å². The van der Waals surface area contributed by atoms with Crippen molar-refractivity contribution in [2.45, 2.75) is 45.1 Å². The molecule has 1 rings (SSSR count). The van der Waals surface area contributed by atoms with Crippen LogP contribution in [-0.4, -0.2) is 12.5 Å². The van der Waals surface area contributed by atoms with Crippen LogP contribution >= 0.6 is 0 Å². The molecule has 1 aliphatic carbocycles. The molecule has 0 aliphatic heterocycles. The number of carbonyl (C=O) groups is 1. The van der Waals surface area contributed by atoms with E-state index in [0.29, 0.717) is 6.04 Å². The number of hydrogen-bond donors (Lipinski definition) is 1. The summed E-state index contributed by atoms with van der Waals surface area (Å²) in [5.41, 5.74) is 0. The molecule has 1 atom stereocenters. The molecule has 11 heavy (non-hydrogen) atoms. The van der Waals surface area contributed by atoms with Crippen LogP contribution in [0.1, 0.15) is 39.0 Å². The minimum absolute atomic E-state index is 0.440. The second kappa shape index (κ2) is 4.37. The van der Waals surface area contributed by atoms with Gasteiger partial charge in [-0.05, 0) is 25.2 Å². The first-order valence-corrected chi connectivity index (χ1v) is 4.58. The zero-order chi connectivity index (χ0) is 8.10. The summed E-state index contributed by atoms with van der Waals surface area (Å²) in [5, 5.41) is 2.89. The van der Waals surface area contributed by atoms with Gasteiger partial charge in [0.1, 0.15) is 0 Å². The lowest BCUT2D eigenvalue weighted by molar-refractivity contribution is -0.110. The Morgan fingerprint density at radius 2 is 2.18 bits per heavy atom. The van der Waals surface area contributed by atoms with Crippen LogP contribution in [0.3, 0.4) is 0 Å². The monoisotopic (exact) mass is 155 g/mol. The highest BCUT2D eigenvalue weighted by atomic mass is 16.1. The van der Waals surface area contributed by atoms with E-state index in [0.717, 1.165) is 18.7 Å². The Morgan fingerprint density at radius 1 is 1.55 bits per heavy atom.